The quantitative estimate of drug-likeness (QED) is 0.135. The molecule has 34 heavy (non-hydrogen) atoms. The van der Waals surface area contributed by atoms with Crippen LogP contribution in [0.1, 0.15) is 101 Å². The Balaban J connectivity index is 1.29. The van der Waals surface area contributed by atoms with Crippen LogP contribution in [0.25, 0.3) is 29.4 Å². The second-order valence-corrected chi connectivity index (χ2v) is 13.5. The molecule has 6 heteroatoms. The van der Waals surface area contributed by atoms with Crippen LogP contribution in [-0.2, 0) is 12.8 Å². The van der Waals surface area contributed by atoms with Crippen LogP contribution in [0.15, 0.2) is 24.3 Å². The molecule has 0 atom stereocenters. The summed E-state index contributed by atoms with van der Waals surface area (Å²) in [6.45, 7) is 4.56. The van der Waals surface area contributed by atoms with Gasteiger partial charge >= 0.3 is 0 Å². The summed E-state index contributed by atoms with van der Waals surface area (Å²) in [7, 11) is 0. The molecule has 4 aromatic rings. The Morgan fingerprint density at radius 1 is 0.500 bits per heavy atom. The highest BCUT2D eigenvalue weighted by atomic mass is 32.1. The average Bonchev–Trinajstić information content (AvgIpc) is 3.61. The van der Waals surface area contributed by atoms with Crippen molar-refractivity contribution in [3.8, 4) is 19.8 Å². The fourth-order valence-electron chi connectivity index (χ4n) is 4.27. The smallest absolute Gasteiger partial charge is 0.155 e. The maximum atomic E-state index is 4.95. The van der Waals surface area contributed by atoms with Crippen molar-refractivity contribution in [2.24, 2.45) is 0 Å². The monoisotopic (exact) mass is 530 g/mol. The van der Waals surface area contributed by atoms with Crippen molar-refractivity contribution in [3.63, 3.8) is 0 Å². The van der Waals surface area contributed by atoms with Crippen LogP contribution < -0.4 is 0 Å². The predicted octanol–water partition coefficient (Wildman–Crippen LogP) is 11.0. The molecule has 4 heterocycles. The fourth-order valence-corrected chi connectivity index (χ4v) is 8.52. The number of fused-ring (bicyclic) bond motifs is 1. The first kappa shape index (κ1) is 26.0. The molecule has 0 N–H and O–H groups in total. The minimum absolute atomic E-state index is 1.09. The molecule has 0 saturated heterocycles. The van der Waals surface area contributed by atoms with E-state index >= 15 is 0 Å². The van der Waals surface area contributed by atoms with E-state index in [0.29, 0.717) is 0 Å². The minimum atomic E-state index is 1.09. The normalized spacial score (nSPS) is 11.7. The fraction of sp³-hybridized carbons (Fsp3) is 0.571. The topological polar surface area (TPSA) is 25.8 Å². The van der Waals surface area contributed by atoms with E-state index in [9.17, 15) is 0 Å². The number of aromatic nitrogens is 2. The molecule has 184 valence electrons. The van der Waals surface area contributed by atoms with Gasteiger partial charge in [-0.15, -0.1) is 22.7 Å². The molecule has 0 saturated carbocycles. The maximum absolute atomic E-state index is 4.95. The molecule has 0 fully saturated rings. The Morgan fingerprint density at radius 2 is 0.912 bits per heavy atom. The molecule has 0 radical (unpaired) electrons. The molecular formula is C28H38N2S4. The lowest BCUT2D eigenvalue weighted by atomic mass is 10.1. The first-order valence-electron chi connectivity index (χ1n) is 13.2. The summed E-state index contributed by atoms with van der Waals surface area (Å²) >= 11 is 7.33. The molecule has 0 amide bonds. The van der Waals surface area contributed by atoms with Crippen LogP contribution in [0.2, 0.25) is 0 Å². The van der Waals surface area contributed by atoms with Gasteiger partial charge in [0.1, 0.15) is 10.0 Å². The van der Waals surface area contributed by atoms with Crippen molar-refractivity contribution in [1.82, 2.24) is 9.97 Å². The lowest BCUT2D eigenvalue weighted by molar-refractivity contribution is 0.609. The molecule has 4 aromatic heterocycles. The second-order valence-electron chi connectivity index (χ2n) is 9.22. The van der Waals surface area contributed by atoms with Gasteiger partial charge in [-0.05, 0) is 49.9 Å². The third kappa shape index (κ3) is 7.46. The number of unbranched alkanes of at least 4 members (excludes halogenated alkanes) is 10. The van der Waals surface area contributed by atoms with Crippen LogP contribution in [0, 0.1) is 0 Å². The number of thiophene rings is 2. The summed E-state index contributed by atoms with van der Waals surface area (Å²) in [5.41, 5.74) is 0. The van der Waals surface area contributed by atoms with Gasteiger partial charge in [-0.25, -0.2) is 9.97 Å². The van der Waals surface area contributed by atoms with E-state index in [1.165, 1.54) is 109 Å². The Hall–Kier alpha value is -1.08. The maximum Gasteiger partial charge on any atom is 0.155 e. The van der Waals surface area contributed by atoms with E-state index < -0.39 is 0 Å². The highest BCUT2D eigenvalue weighted by Crippen LogP contribution is 2.40. The summed E-state index contributed by atoms with van der Waals surface area (Å²) < 4.78 is 0. The van der Waals surface area contributed by atoms with Gasteiger partial charge in [0.15, 0.2) is 9.66 Å². The lowest BCUT2D eigenvalue weighted by Crippen LogP contribution is -1.82. The molecule has 4 rings (SSSR count). The van der Waals surface area contributed by atoms with Gasteiger partial charge in [0, 0.05) is 9.75 Å². The standard InChI is InChI=1S/C28H38N2S4/c1-3-5-7-9-11-13-15-21-17-19-23(31-21)25-29-27-28(33-25)30-26(34-27)24-20-18-22(32-24)16-14-12-10-8-6-4-2/h17-20H,3-16H2,1-2H3. The number of nitrogens with zero attached hydrogens (tertiary/aromatic N) is 2. The molecular weight excluding hydrogens is 493 g/mol. The van der Waals surface area contributed by atoms with Gasteiger partial charge in [-0.1, -0.05) is 101 Å². The zero-order valence-electron chi connectivity index (χ0n) is 20.7. The number of hydrogen-bond acceptors (Lipinski definition) is 6. The molecule has 0 spiro atoms. The summed E-state index contributed by atoms with van der Waals surface area (Å²) in [4.78, 5) is 17.7. The summed E-state index contributed by atoms with van der Waals surface area (Å²) in [6.07, 6.45) is 18.7. The van der Waals surface area contributed by atoms with E-state index in [0.717, 1.165) is 19.7 Å². The molecule has 0 aliphatic rings. The van der Waals surface area contributed by atoms with E-state index in [1.54, 1.807) is 22.7 Å². The third-order valence-corrected chi connectivity index (χ3v) is 10.9. The molecule has 0 bridgehead atoms. The van der Waals surface area contributed by atoms with E-state index in [4.69, 9.17) is 9.97 Å². The predicted molar refractivity (Wildman–Crippen MR) is 156 cm³/mol. The molecule has 0 aromatic carbocycles. The largest absolute Gasteiger partial charge is 0.222 e. The lowest BCUT2D eigenvalue weighted by Gasteiger charge is -1.99. The zero-order chi connectivity index (χ0) is 23.6. The van der Waals surface area contributed by atoms with Crippen molar-refractivity contribution in [2.75, 3.05) is 0 Å². The van der Waals surface area contributed by atoms with Crippen molar-refractivity contribution in [1.29, 1.82) is 0 Å². The summed E-state index contributed by atoms with van der Waals surface area (Å²) in [5, 5.41) is 2.27. The Bertz CT molecular complexity index is 1000. The number of hydrogen-bond donors (Lipinski definition) is 0. The second kappa shape index (κ2) is 13.9. The molecule has 0 unspecified atom stereocenters. The van der Waals surface area contributed by atoms with Crippen molar-refractivity contribution >= 4 is 55.0 Å². The first-order chi connectivity index (χ1) is 16.8. The SMILES string of the molecule is CCCCCCCCc1ccc(-c2nc3sc(-c4ccc(CCCCCCCC)s4)nc3s2)s1. The van der Waals surface area contributed by atoms with Crippen LogP contribution in [-0.4, -0.2) is 9.97 Å². The Morgan fingerprint density at radius 3 is 1.35 bits per heavy atom. The minimum Gasteiger partial charge on any atom is -0.222 e. The average molecular weight is 531 g/mol. The molecule has 0 aliphatic carbocycles. The van der Waals surface area contributed by atoms with Crippen LogP contribution in [0.4, 0.5) is 0 Å². The van der Waals surface area contributed by atoms with E-state index in [-0.39, 0.29) is 0 Å². The number of thiazole rings is 2. The van der Waals surface area contributed by atoms with Gasteiger partial charge in [0.05, 0.1) is 9.75 Å². The molecule has 0 aliphatic heterocycles. The third-order valence-electron chi connectivity index (χ3n) is 6.27. The van der Waals surface area contributed by atoms with Gasteiger partial charge in [0.2, 0.25) is 0 Å². The number of aryl methyl sites for hydroxylation is 2. The van der Waals surface area contributed by atoms with Gasteiger partial charge < -0.3 is 0 Å². The van der Waals surface area contributed by atoms with E-state index in [1.807, 2.05) is 22.7 Å². The Labute approximate surface area is 221 Å². The first-order valence-corrected chi connectivity index (χ1v) is 16.5. The van der Waals surface area contributed by atoms with E-state index in [2.05, 4.69) is 38.1 Å². The molecule has 2 nitrogen and oxygen atoms in total. The van der Waals surface area contributed by atoms with Gasteiger partial charge in [-0.3, -0.25) is 0 Å². The van der Waals surface area contributed by atoms with Crippen molar-refractivity contribution in [2.45, 2.75) is 104 Å². The number of rotatable bonds is 16. The zero-order valence-corrected chi connectivity index (χ0v) is 24.0. The van der Waals surface area contributed by atoms with Crippen molar-refractivity contribution in [3.05, 3.63) is 34.0 Å². The Kier molecular flexibility index (Phi) is 10.6. The van der Waals surface area contributed by atoms with Gasteiger partial charge in [-0.2, -0.15) is 0 Å². The summed E-state index contributed by atoms with van der Waals surface area (Å²) in [6, 6.07) is 9.12. The van der Waals surface area contributed by atoms with Crippen molar-refractivity contribution < 1.29 is 0 Å². The summed E-state index contributed by atoms with van der Waals surface area (Å²) in [5.74, 6) is 0. The van der Waals surface area contributed by atoms with Gasteiger partial charge in [0.25, 0.3) is 0 Å². The van der Waals surface area contributed by atoms with Crippen LogP contribution in [0.3, 0.4) is 0 Å². The highest BCUT2D eigenvalue weighted by Gasteiger charge is 2.15. The van der Waals surface area contributed by atoms with Crippen LogP contribution >= 0.6 is 45.3 Å². The highest BCUT2D eigenvalue weighted by molar-refractivity contribution is 7.31. The van der Waals surface area contributed by atoms with Crippen LogP contribution in [0.5, 0.6) is 0 Å².